The van der Waals surface area contributed by atoms with Crippen molar-refractivity contribution in [2.75, 3.05) is 7.11 Å². The van der Waals surface area contributed by atoms with Gasteiger partial charge in [0.05, 0.1) is 7.11 Å². The van der Waals surface area contributed by atoms with Crippen LogP contribution >= 0.6 is 15.9 Å². The van der Waals surface area contributed by atoms with E-state index in [-0.39, 0.29) is 5.97 Å². The lowest BCUT2D eigenvalue weighted by Gasteiger charge is -2.26. The first-order chi connectivity index (χ1) is 5.74. The zero-order valence-corrected chi connectivity index (χ0v) is 8.97. The maximum absolute atomic E-state index is 11.0. The van der Waals surface area contributed by atoms with E-state index >= 15 is 0 Å². The molecule has 0 aliphatic heterocycles. The fourth-order valence-corrected chi connectivity index (χ4v) is 2.46. The van der Waals surface area contributed by atoms with E-state index in [0.717, 1.165) is 6.42 Å². The monoisotopic (exact) mass is 234 g/mol. The Labute approximate surface area is 81.8 Å². The Balaban J connectivity index is 2.33. The minimum Gasteiger partial charge on any atom is -0.469 e. The second-order valence-corrected chi connectivity index (χ2v) is 4.52. The number of hydrogen-bond donors (Lipinski definition) is 0. The van der Waals surface area contributed by atoms with E-state index in [9.17, 15) is 4.79 Å². The first-order valence-corrected chi connectivity index (χ1v) is 5.36. The zero-order chi connectivity index (χ0) is 8.97. The summed E-state index contributed by atoms with van der Waals surface area (Å²) in [6, 6.07) is 0. The fourth-order valence-electron chi connectivity index (χ4n) is 1.69. The summed E-state index contributed by atoms with van der Waals surface area (Å²) >= 11 is 3.60. The number of rotatable bonds is 2. The molecule has 0 bridgehead atoms. The average molecular weight is 235 g/mol. The van der Waals surface area contributed by atoms with Crippen LogP contribution in [0.15, 0.2) is 0 Å². The molecule has 0 aromatic heterocycles. The summed E-state index contributed by atoms with van der Waals surface area (Å²) in [5.41, 5.74) is 0. The molecule has 0 aromatic rings. The third-order valence-corrected chi connectivity index (χ3v) is 3.68. The van der Waals surface area contributed by atoms with Crippen LogP contribution in [0.25, 0.3) is 0 Å². The van der Waals surface area contributed by atoms with Gasteiger partial charge in [-0.15, -0.1) is 0 Å². The quantitative estimate of drug-likeness (QED) is 0.543. The smallest absolute Gasteiger partial charge is 0.305 e. The molecule has 1 aliphatic rings. The fraction of sp³-hybridized carbons (Fsp3) is 0.889. The van der Waals surface area contributed by atoms with E-state index in [1.807, 2.05) is 0 Å². The van der Waals surface area contributed by atoms with Crippen LogP contribution in [0.2, 0.25) is 0 Å². The lowest BCUT2D eigenvalue weighted by atomic mass is 9.87. The minimum absolute atomic E-state index is 0.0775. The zero-order valence-electron chi connectivity index (χ0n) is 7.38. The van der Waals surface area contributed by atoms with Gasteiger partial charge in [-0.1, -0.05) is 28.8 Å². The molecule has 12 heavy (non-hydrogen) atoms. The van der Waals surface area contributed by atoms with Crippen LogP contribution in [-0.2, 0) is 9.53 Å². The number of methoxy groups -OCH3 is 1. The standard InChI is InChI=1S/C9H15BrO2/c1-12-9(11)6-7-4-2-3-5-8(7)10/h7-8H,2-6H2,1H3/t7-,8-/m0/s1. The van der Waals surface area contributed by atoms with Gasteiger partial charge in [0.15, 0.2) is 0 Å². The number of ether oxygens (including phenoxy) is 1. The normalized spacial score (nSPS) is 29.8. The van der Waals surface area contributed by atoms with Crippen LogP contribution in [-0.4, -0.2) is 17.9 Å². The molecule has 70 valence electrons. The topological polar surface area (TPSA) is 26.3 Å². The summed E-state index contributed by atoms with van der Waals surface area (Å²) in [5.74, 6) is 0.414. The SMILES string of the molecule is COC(=O)C[C@@H]1CCCC[C@@H]1Br. The number of hydrogen-bond acceptors (Lipinski definition) is 2. The van der Waals surface area contributed by atoms with Crippen molar-refractivity contribution in [2.24, 2.45) is 5.92 Å². The van der Waals surface area contributed by atoms with Gasteiger partial charge in [0, 0.05) is 11.2 Å². The highest BCUT2D eigenvalue weighted by Crippen LogP contribution is 2.32. The van der Waals surface area contributed by atoms with E-state index in [4.69, 9.17) is 0 Å². The van der Waals surface area contributed by atoms with Gasteiger partial charge < -0.3 is 4.74 Å². The Kier molecular flexibility index (Phi) is 4.06. The second-order valence-electron chi connectivity index (χ2n) is 3.34. The van der Waals surface area contributed by atoms with Crippen molar-refractivity contribution >= 4 is 21.9 Å². The van der Waals surface area contributed by atoms with E-state index in [2.05, 4.69) is 20.7 Å². The van der Waals surface area contributed by atoms with Gasteiger partial charge in [0.25, 0.3) is 0 Å². The third-order valence-electron chi connectivity index (χ3n) is 2.47. The van der Waals surface area contributed by atoms with Crippen LogP contribution in [0, 0.1) is 5.92 Å². The van der Waals surface area contributed by atoms with Crippen molar-refractivity contribution in [1.29, 1.82) is 0 Å². The van der Waals surface area contributed by atoms with Gasteiger partial charge >= 0.3 is 5.97 Å². The molecule has 2 atom stereocenters. The van der Waals surface area contributed by atoms with Crippen LogP contribution in [0.3, 0.4) is 0 Å². The first kappa shape index (κ1) is 10.0. The second kappa shape index (κ2) is 4.85. The van der Waals surface area contributed by atoms with E-state index in [1.165, 1.54) is 26.4 Å². The first-order valence-electron chi connectivity index (χ1n) is 4.45. The predicted molar refractivity (Wildman–Crippen MR) is 51.3 cm³/mol. The highest BCUT2D eigenvalue weighted by molar-refractivity contribution is 9.09. The number of halogens is 1. The summed E-state index contributed by atoms with van der Waals surface area (Å²) in [5, 5.41) is 0. The molecule has 0 spiro atoms. The molecule has 1 aliphatic carbocycles. The van der Waals surface area contributed by atoms with Gasteiger partial charge in [-0.05, 0) is 18.8 Å². The Morgan fingerprint density at radius 1 is 1.50 bits per heavy atom. The Bertz CT molecular complexity index is 159. The maximum Gasteiger partial charge on any atom is 0.305 e. The van der Waals surface area contributed by atoms with Crippen molar-refractivity contribution in [3.05, 3.63) is 0 Å². The molecule has 0 heterocycles. The van der Waals surface area contributed by atoms with Crippen molar-refractivity contribution in [2.45, 2.75) is 36.9 Å². The van der Waals surface area contributed by atoms with Gasteiger partial charge in [0.1, 0.15) is 0 Å². The molecule has 0 amide bonds. The largest absolute Gasteiger partial charge is 0.469 e. The molecular weight excluding hydrogens is 220 g/mol. The molecule has 0 aromatic carbocycles. The molecule has 0 unspecified atom stereocenters. The lowest BCUT2D eigenvalue weighted by Crippen LogP contribution is -2.22. The van der Waals surface area contributed by atoms with Crippen molar-refractivity contribution < 1.29 is 9.53 Å². The van der Waals surface area contributed by atoms with Crippen molar-refractivity contribution in [3.63, 3.8) is 0 Å². The Morgan fingerprint density at radius 3 is 2.75 bits per heavy atom. The molecule has 0 radical (unpaired) electrons. The van der Waals surface area contributed by atoms with Crippen LogP contribution in [0.1, 0.15) is 32.1 Å². The Morgan fingerprint density at radius 2 is 2.17 bits per heavy atom. The number of esters is 1. The maximum atomic E-state index is 11.0. The molecule has 0 saturated heterocycles. The van der Waals surface area contributed by atoms with E-state index < -0.39 is 0 Å². The van der Waals surface area contributed by atoms with E-state index in [1.54, 1.807) is 0 Å². The van der Waals surface area contributed by atoms with Crippen molar-refractivity contribution in [3.8, 4) is 0 Å². The van der Waals surface area contributed by atoms with Gasteiger partial charge in [-0.2, -0.15) is 0 Å². The molecular formula is C9H15BrO2. The average Bonchev–Trinajstić information content (AvgIpc) is 2.09. The van der Waals surface area contributed by atoms with Crippen molar-refractivity contribution in [1.82, 2.24) is 0 Å². The Hall–Kier alpha value is -0.0500. The highest BCUT2D eigenvalue weighted by Gasteiger charge is 2.24. The summed E-state index contributed by atoms with van der Waals surface area (Å²) in [6.07, 6.45) is 5.47. The van der Waals surface area contributed by atoms with Crippen LogP contribution in [0.4, 0.5) is 0 Å². The summed E-state index contributed by atoms with van der Waals surface area (Å²) in [6.45, 7) is 0. The van der Waals surface area contributed by atoms with Crippen LogP contribution < -0.4 is 0 Å². The minimum atomic E-state index is -0.0775. The summed E-state index contributed by atoms with van der Waals surface area (Å²) in [4.78, 5) is 11.5. The van der Waals surface area contributed by atoms with Gasteiger partial charge in [-0.25, -0.2) is 0 Å². The number of alkyl halides is 1. The summed E-state index contributed by atoms with van der Waals surface area (Å²) < 4.78 is 4.64. The van der Waals surface area contributed by atoms with E-state index in [0.29, 0.717) is 17.2 Å². The third kappa shape index (κ3) is 2.77. The molecule has 1 fully saturated rings. The molecule has 3 heteroatoms. The molecule has 0 N–H and O–H groups in total. The summed E-state index contributed by atoms with van der Waals surface area (Å²) in [7, 11) is 1.45. The number of carbonyl (C=O) groups is 1. The number of carbonyl (C=O) groups excluding carboxylic acids is 1. The molecule has 2 nitrogen and oxygen atoms in total. The van der Waals surface area contributed by atoms with Crippen LogP contribution in [0.5, 0.6) is 0 Å². The van der Waals surface area contributed by atoms with Gasteiger partial charge in [0.2, 0.25) is 0 Å². The van der Waals surface area contributed by atoms with Gasteiger partial charge in [-0.3, -0.25) is 4.79 Å². The highest BCUT2D eigenvalue weighted by atomic mass is 79.9. The lowest BCUT2D eigenvalue weighted by molar-refractivity contribution is -0.141. The molecule has 1 saturated carbocycles. The predicted octanol–water partition coefficient (Wildman–Crippen LogP) is 2.50. The molecule has 1 rings (SSSR count).